The topological polar surface area (TPSA) is 92.7 Å². The molecule has 7 heteroatoms. The quantitative estimate of drug-likeness (QED) is 0.694. The molecular formula is C19H17NO5S. The maximum absolute atomic E-state index is 12.9. The number of methoxy groups -OCH3 is 1. The Morgan fingerprint density at radius 2 is 1.81 bits per heavy atom. The summed E-state index contributed by atoms with van der Waals surface area (Å²) in [4.78, 5) is 10.8. The standard InChI is InChI=1S/C19H17NO5S/c1-25-17-10-9-13(12-19(21)22)11-18(17)26(23,24)20-16-8-4-6-14-5-2-3-7-15(14)16/h2-11,20H,12H2,1H3,(H,21,22). The van der Waals surface area contributed by atoms with E-state index in [1.165, 1.54) is 25.3 Å². The molecule has 0 heterocycles. The molecule has 3 rings (SSSR count). The van der Waals surface area contributed by atoms with Crippen LogP contribution in [0.15, 0.2) is 65.6 Å². The lowest BCUT2D eigenvalue weighted by Gasteiger charge is -2.14. The van der Waals surface area contributed by atoms with Crippen molar-refractivity contribution in [1.29, 1.82) is 0 Å². The zero-order valence-corrected chi connectivity index (χ0v) is 14.8. The number of aliphatic carboxylic acids is 1. The van der Waals surface area contributed by atoms with Crippen molar-refractivity contribution in [2.45, 2.75) is 11.3 Å². The molecule has 0 saturated carbocycles. The zero-order valence-electron chi connectivity index (χ0n) is 14.0. The molecule has 0 aliphatic carbocycles. The van der Waals surface area contributed by atoms with Crippen LogP contribution >= 0.6 is 0 Å². The van der Waals surface area contributed by atoms with Crippen LogP contribution in [0.5, 0.6) is 5.75 Å². The van der Waals surface area contributed by atoms with E-state index in [-0.39, 0.29) is 17.1 Å². The highest BCUT2D eigenvalue weighted by atomic mass is 32.2. The van der Waals surface area contributed by atoms with E-state index in [1.54, 1.807) is 12.1 Å². The van der Waals surface area contributed by atoms with Gasteiger partial charge in [-0.3, -0.25) is 9.52 Å². The van der Waals surface area contributed by atoms with Gasteiger partial charge >= 0.3 is 5.97 Å². The smallest absolute Gasteiger partial charge is 0.307 e. The monoisotopic (exact) mass is 371 g/mol. The van der Waals surface area contributed by atoms with E-state index in [0.717, 1.165) is 10.8 Å². The minimum atomic E-state index is -3.97. The Morgan fingerprint density at radius 3 is 2.54 bits per heavy atom. The first-order valence-corrected chi connectivity index (χ1v) is 9.28. The molecule has 134 valence electrons. The molecule has 0 bridgehead atoms. The average molecular weight is 371 g/mol. The lowest BCUT2D eigenvalue weighted by molar-refractivity contribution is -0.136. The van der Waals surface area contributed by atoms with E-state index in [0.29, 0.717) is 11.3 Å². The highest BCUT2D eigenvalue weighted by Crippen LogP contribution is 2.30. The van der Waals surface area contributed by atoms with Crippen LogP contribution in [0.25, 0.3) is 10.8 Å². The van der Waals surface area contributed by atoms with Crippen molar-refractivity contribution in [3.8, 4) is 5.75 Å². The van der Waals surface area contributed by atoms with E-state index >= 15 is 0 Å². The number of hydrogen-bond donors (Lipinski definition) is 2. The van der Waals surface area contributed by atoms with Gasteiger partial charge in [0.2, 0.25) is 0 Å². The molecule has 0 aliphatic heterocycles. The minimum absolute atomic E-state index is 0.105. The third-order valence-corrected chi connectivity index (χ3v) is 5.29. The van der Waals surface area contributed by atoms with E-state index < -0.39 is 16.0 Å². The fourth-order valence-electron chi connectivity index (χ4n) is 2.73. The predicted molar refractivity (Wildman–Crippen MR) is 99.1 cm³/mol. The Kier molecular flexibility index (Phi) is 4.81. The minimum Gasteiger partial charge on any atom is -0.495 e. The maximum atomic E-state index is 12.9. The number of hydrogen-bond acceptors (Lipinski definition) is 4. The summed E-state index contributed by atoms with van der Waals surface area (Å²) in [5, 5.41) is 10.6. The SMILES string of the molecule is COc1ccc(CC(=O)O)cc1S(=O)(=O)Nc1cccc2ccccc12. The summed E-state index contributed by atoms with van der Waals surface area (Å²) < 4.78 is 33.6. The molecule has 0 amide bonds. The van der Waals surface area contributed by atoms with E-state index in [4.69, 9.17) is 9.84 Å². The summed E-state index contributed by atoms with van der Waals surface area (Å²) in [6.07, 6.45) is -0.277. The van der Waals surface area contributed by atoms with Gasteiger partial charge in [0.15, 0.2) is 0 Å². The molecule has 0 radical (unpaired) electrons. The number of ether oxygens (including phenoxy) is 1. The average Bonchev–Trinajstić information content (AvgIpc) is 2.61. The lowest BCUT2D eigenvalue weighted by atomic mass is 10.1. The second kappa shape index (κ2) is 7.05. The molecule has 3 aromatic carbocycles. The highest BCUT2D eigenvalue weighted by Gasteiger charge is 2.21. The van der Waals surface area contributed by atoms with Crippen molar-refractivity contribution >= 4 is 32.5 Å². The van der Waals surface area contributed by atoms with Crippen molar-refractivity contribution in [3.05, 3.63) is 66.2 Å². The Hall–Kier alpha value is -3.06. The van der Waals surface area contributed by atoms with Gasteiger partial charge in [-0.25, -0.2) is 8.42 Å². The Balaban J connectivity index is 2.06. The van der Waals surface area contributed by atoms with Crippen molar-refractivity contribution < 1.29 is 23.1 Å². The number of carbonyl (C=O) groups is 1. The fraction of sp³-hybridized carbons (Fsp3) is 0.105. The van der Waals surface area contributed by atoms with Crippen LogP contribution in [0.3, 0.4) is 0 Å². The summed E-state index contributed by atoms with van der Waals surface area (Å²) in [5.74, 6) is -0.896. The molecular weight excluding hydrogens is 354 g/mol. The normalized spacial score (nSPS) is 11.3. The van der Waals surface area contributed by atoms with Crippen LogP contribution in [0.4, 0.5) is 5.69 Å². The van der Waals surface area contributed by atoms with Crippen molar-refractivity contribution in [2.75, 3.05) is 11.8 Å². The number of sulfonamides is 1. The van der Waals surface area contributed by atoms with Gasteiger partial charge in [0.05, 0.1) is 19.2 Å². The van der Waals surface area contributed by atoms with Crippen LogP contribution in [-0.2, 0) is 21.2 Å². The first-order valence-electron chi connectivity index (χ1n) is 7.80. The number of anilines is 1. The van der Waals surface area contributed by atoms with E-state index in [9.17, 15) is 13.2 Å². The molecule has 3 aromatic rings. The molecule has 0 saturated heterocycles. The number of rotatable bonds is 6. The molecule has 6 nitrogen and oxygen atoms in total. The number of carboxylic acids is 1. The number of fused-ring (bicyclic) bond motifs is 1. The first kappa shape index (κ1) is 17.8. The Morgan fingerprint density at radius 1 is 1.08 bits per heavy atom. The van der Waals surface area contributed by atoms with Crippen molar-refractivity contribution in [3.63, 3.8) is 0 Å². The summed E-state index contributed by atoms with van der Waals surface area (Å²) in [6, 6.07) is 17.0. The number of nitrogens with one attached hydrogen (secondary N) is 1. The van der Waals surface area contributed by atoms with Gasteiger partial charge in [0, 0.05) is 5.39 Å². The summed E-state index contributed by atoms with van der Waals surface area (Å²) in [6.45, 7) is 0. The van der Waals surface area contributed by atoms with Crippen LogP contribution in [0.2, 0.25) is 0 Å². The molecule has 0 spiro atoms. The Bertz CT molecular complexity index is 1070. The number of benzene rings is 3. The van der Waals surface area contributed by atoms with Gasteiger partial charge in [-0.2, -0.15) is 0 Å². The number of carboxylic acid groups (broad SMARTS) is 1. The summed E-state index contributed by atoms with van der Waals surface area (Å²) in [5.41, 5.74) is 0.811. The fourth-order valence-corrected chi connectivity index (χ4v) is 4.03. The van der Waals surface area contributed by atoms with Gasteiger partial charge < -0.3 is 9.84 Å². The maximum Gasteiger partial charge on any atom is 0.307 e. The van der Waals surface area contributed by atoms with Gasteiger partial charge in [-0.15, -0.1) is 0 Å². The van der Waals surface area contributed by atoms with Crippen LogP contribution in [-0.4, -0.2) is 26.6 Å². The Labute approximate surface area is 151 Å². The first-order chi connectivity index (χ1) is 12.4. The predicted octanol–water partition coefficient (Wildman–Crippen LogP) is 3.28. The largest absolute Gasteiger partial charge is 0.495 e. The third-order valence-electron chi connectivity index (χ3n) is 3.91. The van der Waals surface area contributed by atoms with Gasteiger partial charge in [0.25, 0.3) is 10.0 Å². The molecule has 0 fully saturated rings. The third kappa shape index (κ3) is 3.62. The summed E-state index contributed by atoms with van der Waals surface area (Å²) >= 11 is 0. The van der Waals surface area contributed by atoms with E-state index in [1.807, 2.05) is 30.3 Å². The summed E-state index contributed by atoms with van der Waals surface area (Å²) in [7, 11) is -2.61. The molecule has 26 heavy (non-hydrogen) atoms. The van der Waals surface area contributed by atoms with Gasteiger partial charge in [-0.1, -0.05) is 42.5 Å². The molecule has 0 unspecified atom stereocenters. The zero-order chi connectivity index (χ0) is 18.7. The molecule has 2 N–H and O–H groups in total. The van der Waals surface area contributed by atoms with Crippen molar-refractivity contribution in [2.24, 2.45) is 0 Å². The second-order valence-electron chi connectivity index (χ2n) is 5.69. The van der Waals surface area contributed by atoms with Crippen LogP contribution < -0.4 is 9.46 Å². The molecule has 0 atom stereocenters. The highest BCUT2D eigenvalue weighted by molar-refractivity contribution is 7.92. The molecule has 0 aliphatic rings. The van der Waals surface area contributed by atoms with Crippen LogP contribution in [0, 0.1) is 0 Å². The van der Waals surface area contributed by atoms with Gasteiger partial charge in [-0.05, 0) is 29.1 Å². The van der Waals surface area contributed by atoms with Crippen molar-refractivity contribution in [1.82, 2.24) is 0 Å². The second-order valence-corrected chi connectivity index (χ2v) is 7.34. The van der Waals surface area contributed by atoms with Crippen LogP contribution in [0.1, 0.15) is 5.56 Å². The van der Waals surface area contributed by atoms with E-state index in [2.05, 4.69) is 4.72 Å². The van der Waals surface area contributed by atoms with Gasteiger partial charge in [0.1, 0.15) is 10.6 Å². The molecule has 0 aromatic heterocycles. The lowest BCUT2D eigenvalue weighted by Crippen LogP contribution is -2.15.